The van der Waals surface area contributed by atoms with Gasteiger partial charge in [-0.05, 0) is 85.8 Å². The average molecular weight is 286 g/mol. The van der Waals surface area contributed by atoms with Gasteiger partial charge in [-0.2, -0.15) is 0 Å². The van der Waals surface area contributed by atoms with E-state index in [0.29, 0.717) is 17.3 Å². The molecule has 4 bridgehead atoms. The monoisotopic (exact) mass is 286 g/mol. The van der Waals surface area contributed by atoms with Crippen LogP contribution in [0.2, 0.25) is 0 Å². The van der Waals surface area contributed by atoms with Gasteiger partial charge in [-0.15, -0.1) is 0 Å². The number of nitrogens with two attached hydrogens (primary N) is 2. The molecular weight excluding hydrogens is 260 g/mol. The topological polar surface area (TPSA) is 77.0 Å². The van der Waals surface area contributed by atoms with Crippen molar-refractivity contribution in [2.24, 2.45) is 29.0 Å². The van der Waals surface area contributed by atoms with Crippen molar-refractivity contribution in [1.82, 2.24) is 10.4 Å². The normalized spacial score (nSPS) is 38.6. The first-order valence-electron chi connectivity index (χ1n) is 8.33. The van der Waals surface area contributed by atoms with Crippen molar-refractivity contribution in [2.45, 2.75) is 51.0 Å². The first-order chi connectivity index (χ1) is 10.2. The van der Waals surface area contributed by atoms with Crippen LogP contribution < -0.4 is 17.0 Å². The Hall–Kier alpha value is -1.13. The Kier molecular flexibility index (Phi) is 3.19. The van der Waals surface area contributed by atoms with E-state index in [1.165, 1.54) is 44.1 Å². The minimum absolute atomic E-state index is 0.368. The van der Waals surface area contributed by atoms with Crippen molar-refractivity contribution < 1.29 is 0 Å². The third-order valence-electron chi connectivity index (χ3n) is 6.31. The van der Waals surface area contributed by atoms with Crippen LogP contribution in [0.4, 0.5) is 5.82 Å². The molecular formula is C17H26N4. The number of nitrogens with one attached hydrogen (secondary N) is 1. The van der Waals surface area contributed by atoms with E-state index < -0.39 is 0 Å². The fourth-order valence-corrected chi connectivity index (χ4v) is 5.91. The summed E-state index contributed by atoms with van der Waals surface area (Å²) in [4.78, 5) is 4.09. The first-order valence-corrected chi connectivity index (χ1v) is 8.33. The molecule has 4 fully saturated rings. The van der Waals surface area contributed by atoms with Crippen LogP contribution in [-0.4, -0.2) is 11.0 Å². The molecule has 0 radical (unpaired) electrons. The minimum Gasteiger partial charge on any atom is -0.384 e. The van der Waals surface area contributed by atoms with Gasteiger partial charge in [-0.3, -0.25) is 11.3 Å². The van der Waals surface area contributed by atoms with Crippen molar-refractivity contribution in [3.8, 4) is 0 Å². The predicted molar refractivity (Wildman–Crippen MR) is 84.1 cm³/mol. The van der Waals surface area contributed by atoms with Crippen LogP contribution in [0.15, 0.2) is 18.3 Å². The predicted octanol–water partition coefficient (Wildman–Crippen LogP) is 2.25. The molecule has 1 aromatic heterocycles. The second kappa shape index (κ2) is 4.96. The van der Waals surface area contributed by atoms with Gasteiger partial charge in [0.05, 0.1) is 0 Å². The molecule has 21 heavy (non-hydrogen) atoms. The highest BCUT2D eigenvalue weighted by atomic mass is 15.2. The van der Waals surface area contributed by atoms with Crippen LogP contribution in [0.1, 0.15) is 44.1 Å². The van der Waals surface area contributed by atoms with Crippen molar-refractivity contribution >= 4 is 5.82 Å². The summed E-state index contributed by atoms with van der Waals surface area (Å²) in [5, 5.41) is 0. The maximum Gasteiger partial charge on any atom is 0.123 e. The quantitative estimate of drug-likeness (QED) is 0.586. The van der Waals surface area contributed by atoms with Gasteiger partial charge in [0.25, 0.3) is 0 Å². The fraction of sp³-hybridized carbons (Fsp3) is 0.706. The molecule has 5 N–H and O–H groups in total. The van der Waals surface area contributed by atoms with Gasteiger partial charge >= 0.3 is 0 Å². The molecule has 1 heterocycles. The Morgan fingerprint density at radius 1 is 1.19 bits per heavy atom. The highest BCUT2D eigenvalue weighted by Crippen LogP contribution is 2.61. The van der Waals surface area contributed by atoms with Crippen molar-refractivity contribution in [1.29, 1.82) is 0 Å². The van der Waals surface area contributed by atoms with E-state index in [9.17, 15) is 0 Å². The fourth-order valence-electron chi connectivity index (χ4n) is 5.91. The Labute approximate surface area is 126 Å². The van der Waals surface area contributed by atoms with E-state index in [2.05, 4.69) is 16.5 Å². The van der Waals surface area contributed by atoms with E-state index in [1.54, 1.807) is 6.20 Å². The molecule has 1 unspecified atom stereocenters. The molecule has 4 aliphatic carbocycles. The van der Waals surface area contributed by atoms with Crippen LogP contribution >= 0.6 is 0 Å². The van der Waals surface area contributed by atoms with Gasteiger partial charge in [0.15, 0.2) is 0 Å². The maximum atomic E-state index is 5.98. The number of rotatable bonds is 4. The van der Waals surface area contributed by atoms with Crippen molar-refractivity contribution in [3.05, 3.63) is 23.9 Å². The first kappa shape index (κ1) is 13.5. The lowest BCUT2D eigenvalue weighted by atomic mass is 9.47. The molecule has 4 saturated carbocycles. The molecule has 0 aliphatic heterocycles. The lowest BCUT2D eigenvalue weighted by Crippen LogP contribution is -2.58. The van der Waals surface area contributed by atoms with E-state index in [0.717, 1.165) is 24.2 Å². The van der Waals surface area contributed by atoms with E-state index in [4.69, 9.17) is 11.6 Å². The van der Waals surface area contributed by atoms with E-state index in [1.807, 2.05) is 6.07 Å². The van der Waals surface area contributed by atoms with Gasteiger partial charge in [0, 0.05) is 12.2 Å². The zero-order chi connectivity index (χ0) is 14.4. The lowest BCUT2D eigenvalue weighted by molar-refractivity contribution is -0.0737. The number of nitrogen functional groups attached to an aromatic ring is 1. The van der Waals surface area contributed by atoms with E-state index in [-0.39, 0.29) is 0 Å². The summed E-state index contributed by atoms with van der Waals surface area (Å²) in [5.41, 5.74) is 10.7. The number of hydrazine groups is 1. The Balaban J connectivity index is 1.58. The average Bonchev–Trinajstić information content (AvgIpc) is 2.43. The van der Waals surface area contributed by atoms with Crippen LogP contribution in [0, 0.1) is 23.2 Å². The summed E-state index contributed by atoms with van der Waals surface area (Å²) in [6.07, 6.45) is 11.3. The van der Waals surface area contributed by atoms with Gasteiger partial charge in [-0.25, -0.2) is 4.98 Å². The molecule has 1 atom stereocenters. The van der Waals surface area contributed by atoms with Gasteiger partial charge in [-0.1, -0.05) is 0 Å². The molecule has 5 rings (SSSR count). The second-order valence-corrected chi connectivity index (χ2v) is 7.79. The molecule has 0 amide bonds. The summed E-state index contributed by atoms with van der Waals surface area (Å²) in [6, 6.07) is 4.43. The molecule has 0 saturated heterocycles. The molecule has 4 heteroatoms. The second-order valence-electron chi connectivity index (χ2n) is 7.79. The Morgan fingerprint density at radius 3 is 2.33 bits per heavy atom. The Bertz CT molecular complexity index is 492. The summed E-state index contributed by atoms with van der Waals surface area (Å²) < 4.78 is 0. The van der Waals surface area contributed by atoms with Crippen LogP contribution in [0.25, 0.3) is 0 Å². The minimum atomic E-state index is 0.368. The van der Waals surface area contributed by atoms with E-state index >= 15 is 0 Å². The SMILES string of the molecule is NNC(Cc1ccnc(N)c1)C12CC3CC(CC(C3)C1)C2. The Morgan fingerprint density at radius 2 is 1.81 bits per heavy atom. The van der Waals surface area contributed by atoms with Gasteiger partial charge in [0.2, 0.25) is 0 Å². The zero-order valence-corrected chi connectivity index (χ0v) is 12.6. The third kappa shape index (κ3) is 2.34. The zero-order valence-electron chi connectivity index (χ0n) is 12.6. The molecule has 1 aromatic rings. The summed E-state index contributed by atoms with van der Waals surface area (Å²) in [7, 11) is 0. The highest BCUT2D eigenvalue weighted by Gasteiger charge is 2.53. The largest absolute Gasteiger partial charge is 0.384 e. The smallest absolute Gasteiger partial charge is 0.123 e. The van der Waals surface area contributed by atoms with Crippen LogP contribution in [-0.2, 0) is 6.42 Å². The third-order valence-corrected chi connectivity index (χ3v) is 6.31. The maximum absolute atomic E-state index is 5.98. The molecule has 114 valence electrons. The summed E-state index contributed by atoms with van der Waals surface area (Å²) >= 11 is 0. The summed E-state index contributed by atoms with van der Waals surface area (Å²) in [6.45, 7) is 0. The molecule has 0 aromatic carbocycles. The molecule has 0 spiro atoms. The van der Waals surface area contributed by atoms with Gasteiger partial charge in [0.1, 0.15) is 5.82 Å². The molecule has 4 aliphatic rings. The number of nitrogens with zero attached hydrogens (tertiary/aromatic N) is 1. The number of hydrogen-bond donors (Lipinski definition) is 3. The number of anilines is 1. The van der Waals surface area contributed by atoms with Crippen LogP contribution in [0.3, 0.4) is 0 Å². The molecule has 4 nitrogen and oxygen atoms in total. The van der Waals surface area contributed by atoms with Crippen molar-refractivity contribution in [3.63, 3.8) is 0 Å². The number of pyridine rings is 1. The lowest BCUT2D eigenvalue weighted by Gasteiger charge is -2.59. The summed E-state index contributed by atoms with van der Waals surface area (Å²) in [5.74, 6) is 9.45. The van der Waals surface area contributed by atoms with Crippen molar-refractivity contribution in [2.75, 3.05) is 5.73 Å². The number of aromatic nitrogens is 1. The standard InChI is InChI=1S/C17H26N4/c18-16-7-11(1-2-20-16)6-15(21-19)17-8-12-3-13(9-17)5-14(4-12)10-17/h1-2,7,12-15,21H,3-6,8-10,19H2,(H2,18,20). The van der Waals surface area contributed by atoms with Crippen LogP contribution in [0.5, 0.6) is 0 Å². The van der Waals surface area contributed by atoms with Gasteiger partial charge < -0.3 is 5.73 Å². The highest BCUT2D eigenvalue weighted by molar-refractivity contribution is 5.32. The number of hydrogen-bond acceptors (Lipinski definition) is 4.